The molecule has 32 heavy (non-hydrogen) atoms. The average Bonchev–Trinajstić information content (AvgIpc) is 3.45. The second-order valence-electron chi connectivity index (χ2n) is 9.30. The molecule has 8 nitrogen and oxygen atoms in total. The molecule has 1 saturated carbocycles. The number of hydrogen-bond acceptors (Lipinski definition) is 5. The fraction of sp³-hybridized carbons (Fsp3) is 0.625. The number of carbonyl (C=O) groups excluding carboxylic acids is 2. The topological polar surface area (TPSA) is 79.7 Å². The van der Waals surface area contributed by atoms with Crippen LogP contribution in [0.5, 0.6) is 0 Å². The first-order chi connectivity index (χ1) is 15.5. The van der Waals surface area contributed by atoms with Crippen molar-refractivity contribution < 1.29 is 14.3 Å². The van der Waals surface area contributed by atoms with Gasteiger partial charge >= 0.3 is 0 Å². The maximum absolute atomic E-state index is 13.6. The molecule has 1 aromatic heterocycles. The molecule has 0 bridgehead atoms. The van der Waals surface area contributed by atoms with Crippen molar-refractivity contribution in [2.24, 2.45) is 5.92 Å². The number of fused-ring (bicyclic) bond motifs is 1. The van der Waals surface area contributed by atoms with Crippen molar-refractivity contribution in [3.05, 3.63) is 24.0 Å². The Morgan fingerprint density at radius 1 is 1.19 bits per heavy atom. The summed E-state index contributed by atoms with van der Waals surface area (Å²) in [4.78, 5) is 35.1. The molecule has 1 aromatic carbocycles. The van der Waals surface area contributed by atoms with E-state index in [2.05, 4.69) is 29.3 Å². The fourth-order valence-corrected chi connectivity index (χ4v) is 4.93. The third kappa shape index (κ3) is 4.81. The molecule has 174 valence electrons. The zero-order valence-corrected chi connectivity index (χ0v) is 19.5. The van der Waals surface area contributed by atoms with E-state index in [0.29, 0.717) is 42.5 Å². The number of methoxy groups -OCH3 is 1. The van der Waals surface area contributed by atoms with Crippen LogP contribution in [-0.2, 0) is 16.1 Å². The number of likely N-dealkylation sites (N-methyl/N-ethyl adjacent to an activating group) is 1. The molecule has 2 aliphatic rings. The van der Waals surface area contributed by atoms with Gasteiger partial charge in [0.05, 0.1) is 29.5 Å². The van der Waals surface area contributed by atoms with Crippen LogP contribution >= 0.6 is 0 Å². The quantitative estimate of drug-likeness (QED) is 0.715. The highest BCUT2D eigenvalue weighted by Crippen LogP contribution is 2.29. The summed E-state index contributed by atoms with van der Waals surface area (Å²) in [5.74, 6) is 0.0969. The van der Waals surface area contributed by atoms with Gasteiger partial charge in [0.1, 0.15) is 0 Å². The smallest absolute Gasteiger partial charge is 0.256 e. The second-order valence-corrected chi connectivity index (χ2v) is 9.30. The van der Waals surface area contributed by atoms with E-state index < -0.39 is 0 Å². The lowest BCUT2D eigenvalue weighted by molar-refractivity contribution is -0.120. The number of carbonyl (C=O) groups is 2. The van der Waals surface area contributed by atoms with Crippen molar-refractivity contribution in [2.75, 3.05) is 46.2 Å². The monoisotopic (exact) mass is 441 g/mol. The molecule has 1 N–H and O–H groups in total. The standard InChI is InChI=1S/C24H35N5O3/c1-27(2)19-9-10-28(15-19)24(31)20-13-18(26-23(30)17-7-5-4-6-8-17)14-21-22(20)29(16-25-21)11-12-32-3/h13-14,16-17,19H,4-12,15H2,1-3H3,(H,26,30). The molecule has 2 heterocycles. The summed E-state index contributed by atoms with van der Waals surface area (Å²) in [6.45, 7) is 2.58. The highest BCUT2D eigenvalue weighted by molar-refractivity contribution is 6.07. The first kappa shape index (κ1) is 22.7. The van der Waals surface area contributed by atoms with Crippen LogP contribution in [0.3, 0.4) is 0 Å². The van der Waals surface area contributed by atoms with Crippen molar-refractivity contribution in [1.82, 2.24) is 19.4 Å². The van der Waals surface area contributed by atoms with Gasteiger partial charge in [-0.2, -0.15) is 0 Å². The van der Waals surface area contributed by atoms with Crippen molar-refractivity contribution >= 4 is 28.5 Å². The Labute approximate surface area is 189 Å². The maximum Gasteiger partial charge on any atom is 0.256 e. The Kier molecular flexibility index (Phi) is 7.10. The summed E-state index contributed by atoms with van der Waals surface area (Å²) in [5, 5.41) is 3.08. The summed E-state index contributed by atoms with van der Waals surface area (Å²) >= 11 is 0. The third-order valence-corrected chi connectivity index (χ3v) is 6.90. The van der Waals surface area contributed by atoms with Crippen LogP contribution < -0.4 is 5.32 Å². The van der Waals surface area contributed by atoms with E-state index in [0.717, 1.165) is 44.2 Å². The Morgan fingerprint density at radius 2 is 1.97 bits per heavy atom. The van der Waals surface area contributed by atoms with Gasteiger partial charge in [-0.05, 0) is 45.5 Å². The van der Waals surface area contributed by atoms with Crippen LogP contribution in [0, 0.1) is 5.92 Å². The van der Waals surface area contributed by atoms with Gasteiger partial charge in [-0.3, -0.25) is 9.59 Å². The predicted molar refractivity (Wildman–Crippen MR) is 125 cm³/mol. The van der Waals surface area contributed by atoms with E-state index >= 15 is 0 Å². The summed E-state index contributed by atoms with van der Waals surface area (Å²) in [6.07, 6.45) is 8.00. The molecular weight excluding hydrogens is 406 g/mol. The number of nitrogens with one attached hydrogen (secondary N) is 1. The lowest BCUT2D eigenvalue weighted by atomic mass is 9.88. The fourth-order valence-electron chi connectivity index (χ4n) is 4.93. The van der Waals surface area contributed by atoms with Crippen LogP contribution in [0.2, 0.25) is 0 Å². The number of amides is 2. The summed E-state index contributed by atoms with van der Waals surface area (Å²) in [7, 11) is 5.77. The highest BCUT2D eigenvalue weighted by Gasteiger charge is 2.30. The number of benzene rings is 1. The molecule has 2 aromatic rings. The molecule has 4 rings (SSSR count). The van der Waals surface area contributed by atoms with E-state index in [1.165, 1.54) is 6.42 Å². The molecule has 1 aliphatic heterocycles. The first-order valence-electron chi connectivity index (χ1n) is 11.7. The number of anilines is 1. The zero-order chi connectivity index (χ0) is 22.7. The number of rotatable bonds is 7. The molecule has 2 amide bonds. The molecule has 0 radical (unpaired) electrons. The minimum atomic E-state index is -0.00715. The largest absolute Gasteiger partial charge is 0.383 e. The molecule has 0 spiro atoms. The lowest BCUT2D eigenvalue weighted by Crippen LogP contribution is -2.34. The Morgan fingerprint density at radius 3 is 2.66 bits per heavy atom. The molecule has 8 heteroatoms. The van der Waals surface area contributed by atoms with E-state index in [1.807, 2.05) is 21.6 Å². The minimum Gasteiger partial charge on any atom is -0.383 e. The van der Waals surface area contributed by atoms with Crippen LogP contribution in [0.15, 0.2) is 18.5 Å². The Balaban J connectivity index is 1.65. The number of likely N-dealkylation sites (tertiary alicyclic amines) is 1. The van der Waals surface area contributed by atoms with Gasteiger partial charge in [0, 0.05) is 44.4 Å². The predicted octanol–water partition coefficient (Wildman–Crippen LogP) is 2.98. The normalized spacial score (nSPS) is 19.8. The van der Waals surface area contributed by atoms with Gasteiger partial charge in [0.15, 0.2) is 0 Å². The molecule has 1 unspecified atom stereocenters. The molecule has 1 saturated heterocycles. The van der Waals surface area contributed by atoms with Crippen molar-refractivity contribution in [2.45, 2.75) is 51.1 Å². The van der Waals surface area contributed by atoms with Gasteiger partial charge in [-0.1, -0.05) is 19.3 Å². The number of aromatic nitrogens is 2. The molecular formula is C24H35N5O3. The van der Waals surface area contributed by atoms with Gasteiger partial charge in [0.2, 0.25) is 5.91 Å². The lowest BCUT2D eigenvalue weighted by Gasteiger charge is -2.22. The van der Waals surface area contributed by atoms with Crippen molar-refractivity contribution in [1.29, 1.82) is 0 Å². The molecule has 1 atom stereocenters. The number of imidazole rings is 1. The van der Waals surface area contributed by atoms with Crippen LogP contribution in [0.1, 0.15) is 48.9 Å². The number of ether oxygens (including phenoxy) is 1. The van der Waals surface area contributed by atoms with Gasteiger partial charge in [-0.25, -0.2) is 4.98 Å². The van der Waals surface area contributed by atoms with Crippen LogP contribution in [-0.4, -0.2) is 78.1 Å². The van der Waals surface area contributed by atoms with Crippen LogP contribution in [0.4, 0.5) is 5.69 Å². The van der Waals surface area contributed by atoms with E-state index in [4.69, 9.17) is 4.74 Å². The molecule has 2 fully saturated rings. The number of nitrogens with zero attached hydrogens (tertiary/aromatic N) is 4. The van der Waals surface area contributed by atoms with E-state index in [1.54, 1.807) is 13.4 Å². The maximum atomic E-state index is 13.6. The van der Waals surface area contributed by atoms with Gasteiger partial charge < -0.3 is 24.4 Å². The highest BCUT2D eigenvalue weighted by atomic mass is 16.5. The third-order valence-electron chi connectivity index (χ3n) is 6.90. The molecule has 1 aliphatic carbocycles. The first-order valence-corrected chi connectivity index (χ1v) is 11.7. The summed E-state index contributed by atoms with van der Waals surface area (Å²) < 4.78 is 7.21. The summed E-state index contributed by atoms with van der Waals surface area (Å²) in [5.41, 5.74) is 2.76. The van der Waals surface area contributed by atoms with Crippen LogP contribution in [0.25, 0.3) is 11.0 Å². The van der Waals surface area contributed by atoms with Gasteiger partial charge in [0.25, 0.3) is 5.91 Å². The zero-order valence-electron chi connectivity index (χ0n) is 19.5. The average molecular weight is 442 g/mol. The summed E-state index contributed by atoms with van der Waals surface area (Å²) in [6, 6.07) is 4.07. The Hall–Kier alpha value is -2.45. The Bertz CT molecular complexity index is 964. The van der Waals surface area contributed by atoms with Crippen molar-refractivity contribution in [3.63, 3.8) is 0 Å². The minimum absolute atomic E-state index is 0.00715. The second kappa shape index (κ2) is 10.0. The van der Waals surface area contributed by atoms with E-state index in [-0.39, 0.29) is 17.7 Å². The number of hydrogen-bond donors (Lipinski definition) is 1. The van der Waals surface area contributed by atoms with Crippen molar-refractivity contribution in [3.8, 4) is 0 Å². The van der Waals surface area contributed by atoms with E-state index in [9.17, 15) is 9.59 Å². The van der Waals surface area contributed by atoms with Gasteiger partial charge in [-0.15, -0.1) is 0 Å². The SMILES string of the molecule is COCCn1cnc2cc(NC(=O)C3CCCCC3)cc(C(=O)N3CCC(N(C)C)C3)c21.